The van der Waals surface area contributed by atoms with Gasteiger partial charge in [-0.25, -0.2) is 4.57 Å². The molecule has 0 amide bonds. The molecule has 1 aliphatic rings. The molecule has 94 valence electrons. The van der Waals surface area contributed by atoms with E-state index in [2.05, 4.69) is 0 Å². The van der Waals surface area contributed by atoms with Crippen LogP contribution in [0.25, 0.3) is 0 Å². The monoisotopic (exact) mass is 255 g/mol. The average molecular weight is 255 g/mol. The lowest BCUT2D eigenvalue weighted by Gasteiger charge is -2.18. The van der Waals surface area contributed by atoms with Crippen molar-refractivity contribution < 1.29 is 13.6 Å². The highest BCUT2D eigenvalue weighted by Crippen LogP contribution is 2.62. The van der Waals surface area contributed by atoms with Gasteiger partial charge >= 0.3 is 7.75 Å². The van der Waals surface area contributed by atoms with Gasteiger partial charge in [-0.2, -0.15) is 4.67 Å². The maximum atomic E-state index is 12.4. The number of hydrogen-bond acceptors (Lipinski definition) is 3. The molecule has 2 rings (SSSR count). The molecule has 1 unspecified atom stereocenters. The first-order valence-electron chi connectivity index (χ1n) is 5.92. The zero-order valence-corrected chi connectivity index (χ0v) is 11.1. The van der Waals surface area contributed by atoms with E-state index in [-0.39, 0.29) is 6.04 Å². The molecule has 1 aromatic carbocycles. The fraction of sp³-hybridized carbons (Fsp3) is 0.500. The van der Waals surface area contributed by atoms with Crippen molar-refractivity contribution in [1.82, 2.24) is 4.67 Å². The molecule has 1 heterocycles. The predicted octanol–water partition coefficient (Wildman–Crippen LogP) is 3.22. The lowest BCUT2D eigenvalue weighted by Crippen LogP contribution is -2.04. The Morgan fingerprint density at radius 1 is 1.24 bits per heavy atom. The maximum absolute atomic E-state index is 12.4. The largest absolute Gasteiger partial charge is 0.408 e. The van der Waals surface area contributed by atoms with Crippen LogP contribution in [-0.2, 0) is 13.6 Å². The second-order valence-corrected chi connectivity index (χ2v) is 5.82. The van der Waals surface area contributed by atoms with E-state index >= 15 is 0 Å². The van der Waals surface area contributed by atoms with Crippen LogP contribution in [0.2, 0.25) is 0 Å². The molecule has 5 heteroatoms. The second-order valence-electron chi connectivity index (χ2n) is 3.85. The van der Waals surface area contributed by atoms with Crippen LogP contribution in [0.3, 0.4) is 0 Å². The fourth-order valence-electron chi connectivity index (χ4n) is 1.87. The van der Waals surface area contributed by atoms with Crippen LogP contribution in [0.1, 0.15) is 25.5 Å². The van der Waals surface area contributed by atoms with Crippen molar-refractivity contribution >= 4 is 7.75 Å². The van der Waals surface area contributed by atoms with Gasteiger partial charge in [0, 0.05) is 6.54 Å². The van der Waals surface area contributed by atoms with E-state index in [4.69, 9.17) is 9.05 Å². The standard InChI is InChI=1S/C12H18NO3P/c1-3-15-17(14,16-4-2)13-10-12(13)11-8-6-5-7-9-11/h5-9,12H,3-4,10H2,1-2H3/t12-,13?/m0/s1. The third-order valence-corrected chi connectivity index (χ3v) is 4.91. The van der Waals surface area contributed by atoms with Crippen LogP contribution in [0.5, 0.6) is 0 Å². The van der Waals surface area contributed by atoms with Gasteiger partial charge in [0.25, 0.3) is 0 Å². The Balaban J connectivity index is 2.08. The Morgan fingerprint density at radius 3 is 2.35 bits per heavy atom. The summed E-state index contributed by atoms with van der Waals surface area (Å²) in [5.74, 6) is 0. The molecule has 0 aliphatic carbocycles. The summed E-state index contributed by atoms with van der Waals surface area (Å²) < 4.78 is 24.9. The van der Waals surface area contributed by atoms with Crippen molar-refractivity contribution in [3.63, 3.8) is 0 Å². The number of benzene rings is 1. The molecule has 0 radical (unpaired) electrons. The lowest BCUT2D eigenvalue weighted by atomic mass is 10.2. The summed E-state index contributed by atoms with van der Waals surface area (Å²) in [6, 6.07) is 10.2. The van der Waals surface area contributed by atoms with Crippen molar-refractivity contribution in [2.45, 2.75) is 19.9 Å². The molecule has 4 nitrogen and oxygen atoms in total. The van der Waals surface area contributed by atoms with Crippen molar-refractivity contribution in [2.24, 2.45) is 0 Å². The van der Waals surface area contributed by atoms with Crippen molar-refractivity contribution in [1.29, 1.82) is 0 Å². The summed E-state index contributed by atoms with van der Waals surface area (Å²) in [6.07, 6.45) is 0. The van der Waals surface area contributed by atoms with Crippen LogP contribution >= 0.6 is 7.75 Å². The smallest absolute Gasteiger partial charge is 0.297 e. The van der Waals surface area contributed by atoms with E-state index in [1.807, 2.05) is 44.2 Å². The van der Waals surface area contributed by atoms with Crippen molar-refractivity contribution in [3.8, 4) is 0 Å². The quantitative estimate of drug-likeness (QED) is 0.578. The molecule has 1 aromatic rings. The van der Waals surface area contributed by atoms with Crippen LogP contribution in [-0.4, -0.2) is 24.4 Å². The average Bonchev–Trinajstić information content (AvgIpc) is 3.11. The summed E-state index contributed by atoms with van der Waals surface area (Å²) in [4.78, 5) is 0. The Bertz CT molecular complexity index is 399. The summed E-state index contributed by atoms with van der Waals surface area (Å²) in [7, 11) is -3.07. The number of nitrogens with zero attached hydrogens (tertiary/aromatic N) is 1. The zero-order chi connectivity index (χ0) is 12.3. The lowest BCUT2D eigenvalue weighted by molar-refractivity contribution is 0.195. The molecule has 0 bridgehead atoms. The minimum absolute atomic E-state index is 0.167. The molecule has 0 saturated carbocycles. The van der Waals surface area contributed by atoms with Gasteiger partial charge in [-0.15, -0.1) is 0 Å². The summed E-state index contributed by atoms with van der Waals surface area (Å²) in [5.41, 5.74) is 1.16. The van der Waals surface area contributed by atoms with Gasteiger partial charge in [0.15, 0.2) is 0 Å². The first kappa shape index (κ1) is 12.8. The van der Waals surface area contributed by atoms with Gasteiger partial charge < -0.3 is 0 Å². The van der Waals surface area contributed by atoms with Gasteiger partial charge in [0.2, 0.25) is 0 Å². The van der Waals surface area contributed by atoms with Gasteiger partial charge in [-0.05, 0) is 19.4 Å². The van der Waals surface area contributed by atoms with Crippen molar-refractivity contribution in [3.05, 3.63) is 35.9 Å². The Morgan fingerprint density at radius 2 is 1.82 bits per heavy atom. The molecular formula is C12H18NO3P. The van der Waals surface area contributed by atoms with Crippen LogP contribution in [0.15, 0.2) is 30.3 Å². The second kappa shape index (κ2) is 5.32. The third-order valence-electron chi connectivity index (χ3n) is 2.67. The van der Waals surface area contributed by atoms with Crippen LogP contribution in [0, 0.1) is 0 Å². The first-order valence-corrected chi connectivity index (χ1v) is 7.42. The SMILES string of the molecule is CCOP(=O)(OCC)N1C[C@H]1c1ccccc1. The normalized spacial score (nSPS) is 23.6. The summed E-state index contributed by atoms with van der Waals surface area (Å²) in [6.45, 7) is 5.19. The van der Waals surface area contributed by atoms with Gasteiger partial charge in [0.05, 0.1) is 19.3 Å². The summed E-state index contributed by atoms with van der Waals surface area (Å²) in [5, 5.41) is 0. The van der Waals surface area contributed by atoms with Gasteiger partial charge in [0.1, 0.15) is 0 Å². The molecule has 0 N–H and O–H groups in total. The first-order chi connectivity index (χ1) is 8.21. The number of hydrogen-bond donors (Lipinski definition) is 0. The van der Waals surface area contributed by atoms with E-state index in [0.717, 1.165) is 12.1 Å². The van der Waals surface area contributed by atoms with E-state index in [9.17, 15) is 4.57 Å². The topological polar surface area (TPSA) is 38.5 Å². The highest BCUT2D eigenvalue weighted by molar-refractivity contribution is 7.51. The highest BCUT2D eigenvalue weighted by atomic mass is 31.2. The molecule has 0 spiro atoms. The Hall–Kier alpha value is -0.670. The molecular weight excluding hydrogens is 237 g/mol. The van der Waals surface area contributed by atoms with E-state index < -0.39 is 7.75 Å². The third kappa shape index (κ3) is 2.78. The van der Waals surface area contributed by atoms with Crippen molar-refractivity contribution in [2.75, 3.05) is 19.8 Å². The van der Waals surface area contributed by atoms with E-state index in [1.165, 1.54) is 0 Å². The Labute approximate surface area is 102 Å². The molecule has 2 atom stereocenters. The summed E-state index contributed by atoms with van der Waals surface area (Å²) >= 11 is 0. The van der Waals surface area contributed by atoms with E-state index in [1.54, 1.807) is 4.67 Å². The number of rotatable bonds is 6. The van der Waals surface area contributed by atoms with Gasteiger partial charge in [-0.1, -0.05) is 30.3 Å². The fourth-order valence-corrected chi connectivity index (χ4v) is 3.72. The maximum Gasteiger partial charge on any atom is 0.408 e. The van der Waals surface area contributed by atoms with Crippen LogP contribution < -0.4 is 0 Å². The van der Waals surface area contributed by atoms with Gasteiger partial charge in [-0.3, -0.25) is 9.05 Å². The predicted molar refractivity (Wildman–Crippen MR) is 66.7 cm³/mol. The molecule has 17 heavy (non-hydrogen) atoms. The molecule has 1 aliphatic heterocycles. The molecule has 1 fully saturated rings. The van der Waals surface area contributed by atoms with Crippen LogP contribution in [0.4, 0.5) is 0 Å². The Kier molecular flexibility index (Phi) is 4.00. The highest BCUT2D eigenvalue weighted by Gasteiger charge is 2.50. The minimum atomic E-state index is -3.07. The van der Waals surface area contributed by atoms with E-state index in [0.29, 0.717) is 13.2 Å². The molecule has 0 aromatic heterocycles. The molecule has 1 saturated heterocycles. The minimum Gasteiger partial charge on any atom is -0.297 e. The zero-order valence-electron chi connectivity index (χ0n) is 10.2.